The number of phenolic OH excluding ortho intramolecular Hbond substituents is 1. The molecule has 0 aliphatic rings. The van der Waals surface area contributed by atoms with Gasteiger partial charge >= 0.3 is 0 Å². The fourth-order valence-electron chi connectivity index (χ4n) is 2.62. The molecule has 3 aromatic carbocycles. The summed E-state index contributed by atoms with van der Waals surface area (Å²) in [5.74, 6) is 0.100. The van der Waals surface area contributed by atoms with Crippen molar-refractivity contribution in [2.75, 3.05) is 6.26 Å². The van der Waals surface area contributed by atoms with Gasteiger partial charge in [0, 0.05) is 11.8 Å². The van der Waals surface area contributed by atoms with Crippen LogP contribution in [-0.2, 0) is 9.84 Å². The van der Waals surface area contributed by atoms with Crippen molar-refractivity contribution in [2.24, 2.45) is 0 Å². The smallest absolute Gasteiger partial charge is 0.175 e. The van der Waals surface area contributed by atoms with Crippen LogP contribution in [0.5, 0.6) is 5.75 Å². The molecule has 0 unspecified atom stereocenters. The fourth-order valence-corrected chi connectivity index (χ4v) is 3.55. The lowest BCUT2D eigenvalue weighted by Crippen LogP contribution is -1.96. The topological polar surface area (TPSA) is 54.4 Å². The number of phenols is 1. The van der Waals surface area contributed by atoms with Crippen LogP contribution in [0.2, 0.25) is 10.0 Å². The van der Waals surface area contributed by atoms with Crippen molar-refractivity contribution in [3.05, 3.63) is 70.7 Å². The number of halogens is 2. The molecule has 128 valence electrons. The van der Waals surface area contributed by atoms with Gasteiger partial charge in [-0.2, -0.15) is 0 Å². The second-order valence-electron chi connectivity index (χ2n) is 5.63. The first-order chi connectivity index (χ1) is 11.8. The van der Waals surface area contributed by atoms with Crippen LogP contribution in [-0.4, -0.2) is 19.8 Å². The van der Waals surface area contributed by atoms with E-state index in [1.807, 2.05) is 6.07 Å². The van der Waals surface area contributed by atoms with Crippen molar-refractivity contribution >= 4 is 33.0 Å². The molecule has 0 aliphatic carbocycles. The second-order valence-corrected chi connectivity index (χ2v) is 8.46. The number of benzene rings is 3. The number of hydrogen-bond donors (Lipinski definition) is 1. The lowest BCUT2D eigenvalue weighted by atomic mass is 9.94. The van der Waals surface area contributed by atoms with Crippen molar-refractivity contribution in [2.45, 2.75) is 4.90 Å². The number of hydrogen-bond acceptors (Lipinski definition) is 3. The molecule has 25 heavy (non-hydrogen) atoms. The summed E-state index contributed by atoms with van der Waals surface area (Å²) >= 11 is 12.1. The zero-order chi connectivity index (χ0) is 18.2. The van der Waals surface area contributed by atoms with Gasteiger partial charge in [0.25, 0.3) is 0 Å². The molecule has 0 saturated heterocycles. The number of rotatable bonds is 3. The summed E-state index contributed by atoms with van der Waals surface area (Å²) in [5.41, 5.74) is 2.87. The van der Waals surface area contributed by atoms with E-state index in [0.29, 0.717) is 15.6 Å². The summed E-state index contributed by atoms with van der Waals surface area (Å²) in [5, 5.41) is 11.2. The van der Waals surface area contributed by atoms with E-state index in [9.17, 15) is 13.5 Å². The Bertz CT molecular complexity index is 1040. The van der Waals surface area contributed by atoms with Crippen LogP contribution in [0.1, 0.15) is 0 Å². The lowest BCUT2D eigenvalue weighted by molar-refractivity contribution is 0.477. The van der Waals surface area contributed by atoms with E-state index in [1.165, 1.54) is 0 Å². The van der Waals surface area contributed by atoms with E-state index in [-0.39, 0.29) is 10.6 Å². The molecule has 3 aromatic rings. The molecular formula is C19H14Cl2O3S. The van der Waals surface area contributed by atoms with Gasteiger partial charge in [0.05, 0.1) is 14.9 Å². The predicted octanol–water partition coefficient (Wildman–Crippen LogP) is 5.44. The Morgan fingerprint density at radius 2 is 1.48 bits per heavy atom. The lowest BCUT2D eigenvalue weighted by Gasteiger charge is -2.13. The van der Waals surface area contributed by atoms with E-state index >= 15 is 0 Å². The zero-order valence-corrected chi connectivity index (χ0v) is 15.5. The van der Waals surface area contributed by atoms with Crippen LogP contribution in [0.25, 0.3) is 22.3 Å². The van der Waals surface area contributed by atoms with Crippen LogP contribution < -0.4 is 0 Å². The van der Waals surface area contributed by atoms with Gasteiger partial charge < -0.3 is 5.11 Å². The predicted molar refractivity (Wildman–Crippen MR) is 102 cm³/mol. The highest BCUT2D eigenvalue weighted by atomic mass is 35.5. The average Bonchev–Trinajstić information content (AvgIpc) is 2.57. The third-order valence-electron chi connectivity index (χ3n) is 3.84. The van der Waals surface area contributed by atoms with E-state index in [1.54, 1.807) is 54.6 Å². The Hall–Kier alpha value is -2.01. The van der Waals surface area contributed by atoms with E-state index in [0.717, 1.165) is 22.9 Å². The average molecular weight is 393 g/mol. The van der Waals surface area contributed by atoms with Crippen LogP contribution in [0.4, 0.5) is 0 Å². The first kappa shape index (κ1) is 17.8. The van der Waals surface area contributed by atoms with Gasteiger partial charge in [-0.25, -0.2) is 8.42 Å². The quantitative estimate of drug-likeness (QED) is 0.645. The van der Waals surface area contributed by atoms with Crippen LogP contribution in [0.3, 0.4) is 0 Å². The minimum atomic E-state index is -3.26. The van der Waals surface area contributed by atoms with Crippen LogP contribution in [0.15, 0.2) is 65.6 Å². The molecule has 0 bridgehead atoms. The molecule has 0 atom stereocenters. The van der Waals surface area contributed by atoms with Gasteiger partial charge in [0.2, 0.25) is 0 Å². The molecular weight excluding hydrogens is 379 g/mol. The molecule has 3 rings (SSSR count). The third kappa shape index (κ3) is 3.66. The molecule has 0 radical (unpaired) electrons. The maximum Gasteiger partial charge on any atom is 0.175 e. The van der Waals surface area contributed by atoms with Gasteiger partial charge in [-0.1, -0.05) is 53.5 Å². The monoisotopic (exact) mass is 392 g/mol. The maximum absolute atomic E-state index is 11.6. The molecule has 0 amide bonds. The Morgan fingerprint density at radius 3 is 2.08 bits per heavy atom. The number of sulfone groups is 1. The Kier molecular flexibility index (Phi) is 4.78. The largest absolute Gasteiger partial charge is 0.507 e. The molecule has 1 N–H and O–H groups in total. The summed E-state index contributed by atoms with van der Waals surface area (Å²) in [7, 11) is -3.26. The summed E-state index contributed by atoms with van der Waals surface area (Å²) in [6.07, 6.45) is 1.16. The van der Waals surface area contributed by atoms with Gasteiger partial charge in [-0.3, -0.25) is 0 Å². The number of aromatic hydroxyl groups is 1. The highest BCUT2D eigenvalue weighted by Crippen LogP contribution is 2.40. The molecule has 6 heteroatoms. The van der Waals surface area contributed by atoms with Crippen molar-refractivity contribution in [1.29, 1.82) is 0 Å². The van der Waals surface area contributed by atoms with Gasteiger partial charge in [0.15, 0.2) is 9.84 Å². The Labute approximate surface area is 156 Å². The van der Waals surface area contributed by atoms with E-state index in [2.05, 4.69) is 0 Å². The van der Waals surface area contributed by atoms with Crippen LogP contribution in [0, 0.1) is 0 Å². The summed E-state index contributed by atoms with van der Waals surface area (Å²) in [6.45, 7) is 0. The molecule has 0 heterocycles. The van der Waals surface area contributed by atoms with Crippen molar-refractivity contribution < 1.29 is 13.5 Å². The highest BCUT2D eigenvalue weighted by molar-refractivity contribution is 7.90. The minimum absolute atomic E-state index is 0.100. The van der Waals surface area contributed by atoms with Crippen molar-refractivity contribution in [3.8, 4) is 28.0 Å². The standard InChI is InChI=1S/C19H14Cl2O3S/c1-25(23,24)14-8-5-12(6-9-14)15-3-2-4-18(22)19(15)13-7-10-16(20)17(21)11-13/h2-11,22H,1H3. The maximum atomic E-state index is 11.6. The Morgan fingerprint density at radius 1 is 0.840 bits per heavy atom. The van der Waals surface area contributed by atoms with Crippen LogP contribution >= 0.6 is 23.2 Å². The van der Waals surface area contributed by atoms with Gasteiger partial charge in [-0.05, 0) is 47.0 Å². The fraction of sp³-hybridized carbons (Fsp3) is 0.0526. The van der Waals surface area contributed by atoms with Gasteiger partial charge in [-0.15, -0.1) is 0 Å². The third-order valence-corrected chi connectivity index (χ3v) is 5.71. The molecule has 0 aliphatic heterocycles. The molecule has 3 nitrogen and oxygen atoms in total. The summed E-state index contributed by atoms with van der Waals surface area (Å²) in [6, 6.07) is 16.8. The second kappa shape index (κ2) is 6.71. The first-order valence-corrected chi connectivity index (χ1v) is 10.00. The normalized spacial score (nSPS) is 11.5. The van der Waals surface area contributed by atoms with Crippen molar-refractivity contribution in [1.82, 2.24) is 0 Å². The first-order valence-electron chi connectivity index (χ1n) is 7.35. The molecule has 0 fully saturated rings. The Balaban J connectivity index is 2.18. The van der Waals surface area contributed by atoms with E-state index < -0.39 is 9.84 Å². The highest BCUT2D eigenvalue weighted by Gasteiger charge is 2.14. The molecule has 0 saturated carbocycles. The minimum Gasteiger partial charge on any atom is -0.507 e. The van der Waals surface area contributed by atoms with Crippen molar-refractivity contribution in [3.63, 3.8) is 0 Å². The zero-order valence-electron chi connectivity index (χ0n) is 13.2. The van der Waals surface area contributed by atoms with Gasteiger partial charge in [0.1, 0.15) is 5.75 Å². The summed E-state index contributed by atoms with van der Waals surface area (Å²) < 4.78 is 23.3. The molecule has 0 aromatic heterocycles. The summed E-state index contributed by atoms with van der Waals surface area (Å²) in [4.78, 5) is 0.243. The van der Waals surface area contributed by atoms with E-state index in [4.69, 9.17) is 23.2 Å². The molecule has 0 spiro atoms. The SMILES string of the molecule is CS(=O)(=O)c1ccc(-c2cccc(O)c2-c2ccc(Cl)c(Cl)c2)cc1.